The largest absolute Gasteiger partial charge is 0.494 e. The van der Waals surface area contributed by atoms with Crippen LogP contribution < -0.4 is 9.47 Å². The van der Waals surface area contributed by atoms with Crippen molar-refractivity contribution in [1.29, 1.82) is 0 Å². The van der Waals surface area contributed by atoms with Gasteiger partial charge in [0.25, 0.3) is 0 Å². The third-order valence-corrected chi connectivity index (χ3v) is 3.03. The van der Waals surface area contributed by atoms with E-state index in [1.807, 2.05) is 6.07 Å². The highest BCUT2D eigenvalue weighted by Gasteiger charge is 2.21. The molecule has 0 heterocycles. The first-order valence-electron chi connectivity index (χ1n) is 5.42. The van der Waals surface area contributed by atoms with Gasteiger partial charge in [-0.05, 0) is 24.3 Å². The Labute approximate surface area is 120 Å². The van der Waals surface area contributed by atoms with Crippen molar-refractivity contribution < 1.29 is 14.3 Å². The van der Waals surface area contributed by atoms with Crippen LogP contribution in [0.25, 0.3) is 0 Å². The van der Waals surface area contributed by atoms with Gasteiger partial charge in [-0.1, -0.05) is 41.4 Å². The number of methoxy groups -OCH3 is 1. The van der Waals surface area contributed by atoms with Crippen LogP contribution in [-0.4, -0.2) is 13.1 Å². The van der Waals surface area contributed by atoms with Gasteiger partial charge in [0.1, 0.15) is 11.3 Å². The molecule has 0 saturated carbocycles. The standard InChI is InChI=1S/C14H10Cl2O3/c1-18-13-11(16)8-7-10(15)12(13)14(17)19-9-5-3-2-4-6-9/h2-8H,1H3. The Balaban J connectivity index is 2.36. The number of carbonyl (C=O) groups is 1. The van der Waals surface area contributed by atoms with Gasteiger partial charge in [-0.15, -0.1) is 0 Å². The SMILES string of the molecule is COc1c(Cl)ccc(Cl)c1C(=O)Oc1ccccc1. The number of halogens is 2. The van der Waals surface area contributed by atoms with E-state index in [2.05, 4.69) is 0 Å². The van der Waals surface area contributed by atoms with Crippen LogP contribution in [0.1, 0.15) is 10.4 Å². The zero-order valence-electron chi connectivity index (χ0n) is 10.0. The van der Waals surface area contributed by atoms with Gasteiger partial charge in [-0.25, -0.2) is 4.79 Å². The predicted octanol–water partition coefficient (Wildman–Crippen LogP) is 4.22. The Morgan fingerprint density at radius 1 is 1.00 bits per heavy atom. The normalized spacial score (nSPS) is 10.1. The van der Waals surface area contributed by atoms with Crippen molar-refractivity contribution in [1.82, 2.24) is 0 Å². The number of esters is 1. The number of benzene rings is 2. The van der Waals surface area contributed by atoms with Gasteiger partial charge in [0, 0.05) is 0 Å². The summed E-state index contributed by atoms with van der Waals surface area (Å²) < 4.78 is 10.3. The molecule has 0 aromatic heterocycles. The molecule has 19 heavy (non-hydrogen) atoms. The van der Waals surface area contributed by atoms with Crippen molar-refractivity contribution in [3.63, 3.8) is 0 Å². The Hall–Kier alpha value is -1.71. The van der Waals surface area contributed by atoms with Gasteiger partial charge in [-0.2, -0.15) is 0 Å². The average molecular weight is 297 g/mol. The molecule has 0 saturated heterocycles. The Bertz CT molecular complexity index is 597. The Morgan fingerprint density at radius 2 is 1.63 bits per heavy atom. The highest BCUT2D eigenvalue weighted by Crippen LogP contribution is 2.34. The lowest BCUT2D eigenvalue weighted by Crippen LogP contribution is -2.11. The molecule has 0 atom stereocenters. The van der Waals surface area contributed by atoms with Crippen LogP contribution >= 0.6 is 23.2 Å². The fraction of sp³-hybridized carbons (Fsp3) is 0.0714. The summed E-state index contributed by atoms with van der Waals surface area (Å²) in [4.78, 5) is 12.1. The minimum absolute atomic E-state index is 0.112. The molecule has 0 unspecified atom stereocenters. The summed E-state index contributed by atoms with van der Waals surface area (Å²) in [5.74, 6) is 0.0104. The van der Waals surface area contributed by atoms with E-state index in [-0.39, 0.29) is 16.3 Å². The zero-order chi connectivity index (χ0) is 13.8. The molecule has 5 heteroatoms. The van der Waals surface area contributed by atoms with Crippen molar-refractivity contribution in [3.05, 3.63) is 58.1 Å². The van der Waals surface area contributed by atoms with Gasteiger partial charge in [-0.3, -0.25) is 0 Å². The average Bonchev–Trinajstić information content (AvgIpc) is 2.42. The minimum Gasteiger partial charge on any atom is -0.494 e. The third kappa shape index (κ3) is 3.00. The summed E-state index contributed by atoms with van der Waals surface area (Å²) in [6, 6.07) is 11.8. The molecule has 3 nitrogen and oxygen atoms in total. The molecule has 0 aliphatic rings. The molecule has 0 aliphatic carbocycles. The first kappa shape index (κ1) is 13.7. The number of carbonyl (C=O) groups excluding carboxylic acids is 1. The quantitative estimate of drug-likeness (QED) is 0.628. The van der Waals surface area contributed by atoms with Crippen molar-refractivity contribution in [2.24, 2.45) is 0 Å². The molecule has 0 spiro atoms. The second-order valence-electron chi connectivity index (χ2n) is 3.64. The molecule has 2 rings (SSSR count). The van der Waals surface area contributed by atoms with Crippen LogP contribution in [0.2, 0.25) is 10.0 Å². The maximum Gasteiger partial charge on any atom is 0.348 e. The van der Waals surface area contributed by atoms with Crippen molar-refractivity contribution >= 4 is 29.2 Å². The lowest BCUT2D eigenvalue weighted by molar-refractivity contribution is 0.0731. The second-order valence-corrected chi connectivity index (χ2v) is 4.45. The monoisotopic (exact) mass is 296 g/mol. The summed E-state index contributed by atoms with van der Waals surface area (Å²) in [6.45, 7) is 0. The van der Waals surface area contributed by atoms with E-state index >= 15 is 0 Å². The predicted molar refractivity (Wildman–Crippen MR) is 74.4 cm³/mol. The highest BCUT2D eigenvalue weighted by atomic mass is 35.5. The van der Waals surface area contributed by atoms with E-state index in [9.17, 15) is 4.79 Å². The second kappa shape index (κ2) is 5.95. The minimum atomic E-state index is -0.615. The van der Waals surface area contributed by atoms with E-state index in [1.54, 1.807) is 30.3 Å². The lowest BCUT2D eigenvalue weighted by atomic mass is 10.2. The molecule has 0 N–H and O–H groups in total. The summed E-state index contributed by atoms with van der Waals surface area (Å²) in [5, 5.41) is 0.522. The maximum atomic E-state index is 12.1. The number of hydrogen-bond acceptors (Lipinski definition) is 3. The van der Waals surface area contributed by atoms with E-state index < -0.39 is 5.97 Å². The summed E-state index contributed by atoms with van der Waals surface area (Å²) >= 11 is 12.0. The van der Waals surface area contributed by atoms with E-state index in [0.29, 0.717) is 10.8 Å². The molecule has 0 radical (unpaired) electrons. The van der Waals surface area contributed by atoms with Crippen LogP contribution in [0, 0.1) is 0 Å². The van der Waals surface area contributed by atoms with Gasteiger partial charge >= 0.3 is 5.97 Å². The Kier molecular flexibility index (Phi) is 4.30. The topological polar surface area (TPSA) is 35.5 Å². The first-order valence-corrected chi connectivity index (χ1v) is 6.18. The van der Waals surface area contributed by atoms with Crippen LogP contribution in [0.3, 0.4) is 0 Å². The molecule has 2 aromatic rings. The van der Waals surface area contributed by atoms with Crippen molar-refractivity contribution in [3.8, 4) is 11.5 Å². The summed E-state index contributed by atoms with van der Waals surface area (Å²) in [6.07, 6.45) is 0. The van der Waals surface area contributed by atoms with Crippen molar-refractivity contribution in [2.45, 2.75) is 0 Å². The van der Waals surface area contributed by atoms with Gasteiger partial charge in [0.2, 0.25) is 0 Å². The molecule has 0 fully saturated rings. The van der Waals surface area contributed by atoms with Crippen molar-refractivity contribution in [2.75, 3.05) is 7.11 Å². The first-order chi connectivity index (χ1) is 9.13. The number of para-hydroxylation sites is 1. The number of hydrogen-bond donors (Lipinski definition) is 0. The van der Waals surface area contributed by atoms with Crippen LogP contribution in [0.15, 0.2) is 42.5 Å². The molecular formula is C14H10Cl2O3. The third-order valence-electron chi connectivity index (χ3n) is 2.42. The molecule has 0 bridgehead atoms. The number of ether oxygens (including phenoxy) is 2. The van der Waals surface area contributed by atoms with Crippen LogP contribution in [0.4, 0.5) is 0 Å². The smallest absolute Gasteiger partial charge is 0.348 e. The fourth-order valence-corrected chi connectivity index (χ4v) is 2.03. The van der Waals surface area contributed by atoms with E-state index in [0.717, 1.165) is 0 Å². The lowest BCUT2D eigenvalue weighted by Gasteiger charge is -2.11. The van der Waals surface area contributed by atoms with E-state index in [4.69, 9.17) is 32.7 Å². The van der Waals surface area contributed by atoms with Gasteiger partial charge in [0.15, 0.2) is 5.75 Å². The summed E-state index contributed by atoms with van der Waals surface area (Å²) in [7, 11) is 1.41. The molecular weight excluding hydrogens is 287 g/mol. The molecule has 98 valence electrons. The van der Waals surface area contributed by atoms with E-state index in [1.165, 1.54) is 13.2 Å². The van der Waals surface area contributed by atoms with Crippen LogP contribution in [0.5, 0.6) is 11.5 Å². The molecule has 0 amide bonds. The fourth-order valence-electron chi connectivity index (χ4n) is 1.57. The highest BCUT2D eigenvalue weighted by molar-refractivity contribution is 6.37. The molecule has 0 aliphatic heterocycles. The zero-order valence-corrected chi connectivity index (χ0v) is 11.5. The molecule has 2 aromatic carbocycles. The number of rotatable bonds is 3. The van der Waals surface area contributed by atoms with Gasteiger partial charge in [0.05, 0.1) is 17.2 Å². The van der Waals surface area contributed by atoms with Gasteiger partial charge < -0.3 is 9.47 Å². The van der Waals surface area contributed by atoms with Crippen LogP contribution in [-0.2, 0) is 0 Å². The maximum absolute atomic E-state index is 12.1. The Morgan fingerprint density at radius 3 is 2.26 bits per heavy atom. The summed E-state index contributed by atoms with van der Waals surface area (Å²) in [5.41, 5.74) is 0.112.